The Morgan fingerprint density at radius 2 is 0.833 bits per heavy atom. The van der Waals surface area contributed by atoms with Crippen molar-refractivity contribution in [2.75, 3.05) is 0 Å². The van der Waals surface area contributed by atoms with Gasteiger partial charge in [-0.25, -0.2) is 0 Å². The zero-order chi connectivity index (χ0) is 16.8. The van der Waals surface area contributed by atoms with Crippen LogP contribution in [0.25, 0.3) is 24.3 Å². The lowest BCUT2D eigenvalue weighted by atomic mass is 10.1. The molecule has 0 saturated heterocycles. The summed E-state index contributed by atoms with van der Waals surface area (Å²) in [6.07, 6.45) is 8.65. The van der Waals surface area contributed by atoms with Gasteiger partial charge >= 0.3 is 0 Å². The fourth-order valence-corrected chi connectivity index (χ4v) is 3.45. The third-order valence-electron chi connectivity index (χ3n) is 3.66. The Bertz CT molecular complexity index is 800. The van der Waals surface area contributed by atoms with Crippen LogP contribution in [0, 0.1) is 7.14 Å². The van der Waals surface area contributed by atoms with Crippen molar-refractivity contribution in [2.45, 2.75) is 0 Å². The van der Waals surface area contributed by atoms with E-state index < -0.39 is 0 Å². The van der Waals surface area contributed by atoms with Gasteiger partial charge in [0.15, 0.2) is 0 Å². The second-order valence-corrected chi connectivity index (χ2v) is 7.70. The quantitative estimate of drug-likeness (QED) is 0.245. The lowest BCUT2D eigenvalue weighted by molar-refractivity contribution is 1.59. The van der Waals surface area contributed by atoms with Gasteiger partial charge in [0.25, 0.3) is 0 Å². The molecular weight excluding hydrogens is 518 g/mol. The van der Waals surface area contributed by atoms with Crippen molar-refractivity contribution in [2.24, 2.45) is 0 Å². The molecule has 0 heterocycles. The molecule has 3 aromatic carbocycles. The van der Waals surface area contributed by atoms with Gasteiger partial charge < -0.3 is 0 Å². The second-order valence-electron chi connectivity index (χ2n) is 5.38. The molecule has 0 saturated carbocycles. The molecule has 2 heteroatoms. The van der Waals surface area contributed by atoms with Crippen LogP contribution >= 0.6 is 45.2 Å². The predicted octanol–water partition coefficient (Wildman–Crippen LogP) is 7.24. The summed E-state index contributed by atoms with van der Waals surface area (Å²) < 4.78 is 2.53. The first-order valence-corrected chi connectivity index (χ1v) is 9.83. The van der Waals surface area contributed by atoms with Crippen molar-refractivity contribution < 1.29 is 0 Å². The maximum absolute atomic E-state index is 2.37. The Morgan fingerprint density at radius 1 is 0.458 bits per heavy atom. The average Bonchev–Trinajstić information content (AvgIpc) is 2.61. The first-order valence-electron chi connectivity index (χ1n) is 7.68. The molecule has 0 fully saturated rings. The van der Waals surface area contributed by atoms with Gasteiger partial charge in [0, 0.05) is 7.14 Å². The standard InChI is InChI=1S/C22H16I2/c23-21-7-3-1-5-19(21)15-13-17-9-11-18(12-10-17)14-16-20-6-2-4-8-22(20)24/h1-16H/b15-13-,16-14-. The molecule has 0 N–H and O–H groups in total. The van der Waals surface area contributed by atoms with Crippen molar-refractivity contribution >= 4 is 69.5 Å². The number of halogens is 2. The van der Waals surface area contributed by atoms with E-state index in [1.807, 2.05) is 0 Å². The summed E-state index contributed by atoms with van der Waals surface area (Å²) in [7, 11) is 0. The minimum absolute atomic E-state index is 1.21. The first-order chi connectivity index (χ1) is 11.7. The molecule has 0 spiro atoms. The maximum atomic E-state index is 2.37. The van der Waals surface area contributed by atoms with E-state index in [0.717, 1.165) is 0 Å². The molecule has 0 radical (unpaired) electrons. The Hall–Kier alpha value is -1.40. The molecule has 24 heavy (non-hydrogen) atoms. The van der Waals surface area contributed by atoms with Gasteiger partial charge in [-0.05, 0) is 79.6 Å². The lowest BCUT2D eigenvalue weighted by Crippen LogP contribution is -1.79. The number of hydrogen-bond donors (Lipinski definition) is 0. The molecule has 3 aromatic rings. The smallest absolute Gasteiger partial charge is 0.0202 e. The van der Waals surface area contributed by atoms with Gasteiger partial charge in [-0.3, -0.25) is 0 Å². The minimum Gasteiger partial charge on any atom is -0.0616 e. The summed E-state index contributed by atoms with van der Waals surface area (Å²) in [5.41, 5.74) is 4.92. The molecule has 0 aliphatic rings. The zero-order valence-corrected chi connectivity index (χ0v) is 17.3. The van der Waals surface area contributed by atoms with Gasteiger partial charge in [0.1, 0.15) is 0 Å². The summed E-state index contributed by atoms with van der Waals surface area (Å²) in [5.74, 6) is 0. The van der Waals surface area contributed by atoms with Gasteiger partial charge in [-0.1, -0.05) is 85.0 Å². The zero-order valence-electron chi connectivity index (χ0n) is 13.0. The van der Waals surface area contributed by atoms with E-state index in [9.17, 15) is 0 Å². The monoisotopic (exact) mass is 534 g/mol. The third kappa shape index (κ3) is 4.80. The molecule has 0 unspecified atom stereocenters. The van der Waals surface area contributed by atoms with Gasteiger partial charge in [0.2, 0.25) is 0 Å². The topological polar surface area (TPSA) is 0 Å². The minimum atomic E-state index is 1.21. The fraction of sp³-hybridized carbons (Fsp3) is 0. The molecule has 0 bridgehead atoms. The van der Waals surface area contributed by atoms with E-state index >= 15 is 0 Å². The summed E-state index contributed by atoms with van der Waals surface area (Å²) in [6, 6.07) is 25.4. The Morgan fingerprint density at radius 3 is 1.21 bits per heavy atom. The highest BCUT2D eigenvalue weighted by Gasteiger charge is 1.95. The number of hydrogen-bond acceptors (Lipinski definition) is 0. The summed E-state index contributed by atoms with van der Waals surface area (Å²) >= 11 is 4.73. The third-order valence-corrected chi connectivity index (χ3v) is 5.62. The van der Waals surface area contributed by atoms with Crippen LogP contribution in [0.1, 0.15) is 22.3 Å². The lowest BCUT2D eigenvalue weighted by Gasteiger charge is -2.00. The Labute approximate surface area is 170 Å². The number of benzene rings is 3. The normalized spacial score (nSPS) is 11.4. The van der Waals surface area contributed by atoms with Crippen LogP contribution in [0.3, 0.4) is 0 Å². The van der Waals surface area contributed by atoms with Gasteiger partial charge in [-0.2, -0.15) is 0 Å². The van der Waals surface area contributed by atoms with Crippen LogP contribution in [0.2, 0.25) is 0 Å². The molecule has 0 aliphatic carbocycles. The van der Waals surface area contributed by atoms with Crippen LogP contribution in [0.5, 0.6) is 0 Å². The SMILES string of the molecule is Ic1ccccc1/C=C\c1ccc(/C=C\c2ccccc2I)cc1. The van der Waals surface area contributed by atoms with E-state index in [1.54, 1.807) is 0 Å². The van der Waals surface area contributed by atoms with Crippen LogP contribution < -0.4 is 0 Å². The molecule has 0 aliphatic heterocycles. The Kier molecular flexibility index (Phi) is 6.26. The second kappa shape index (κ2) is 8.62. The first kappa shape index (κ1) is 17.4. The summed E-state index contributed by atoms with van der Waals surface area (Å²) in [5, 5.41) is 0. The molecule has 0 aromatic heterocycles. The maximum Gasteiger partial charge on any atom is 0.0202 e. The molecule has 3 rings (SSSR count). The van der Waals surface area contributed by atoms with Crippen molar-refractivity contribution in [3.8, 4) is 0 Å². The molecule has 0 atom stereocenters. The summed E-state index contributed by atoms with van der Waals surface area (Å²) in [4.78, 5) is 0. The molecule has 0 amide bonds. The fourth-order valence-electron chi connectivity index (χ4n) is 2.31. The number of rotatable bonds is 4. The van der Waals surface area contributed by atoms with E-state index in [1.165, 1.54) is 29.4 Å². The largest absolute Gasteiger partial charge is 0.0616 e. The highest BCUT2D eigenvalue weighted by Crippen LogP contribution is 2.17. The van der Waals surface area contributed by atoms with E-state index in [4.69, 9.17) is 0 Å². The van der Waals surface area contributed by atoms with E-state index in [2.05, 4.69) is 142 Å². The highest BCUT2D eigenvalue weighted by molar-refractivity contribution is 14.1. The van der Waals surface area contributed by atoms with Crippen LogP contribution in [0.4, 0.5) is 0 Å². The van der Waals surface area contributed by atoms with E-state index in [-0.39, 0.29) is 0 Å². The summed E-state index contributed by atoms with van der Waals surface area (Å²) in [6.45, 7) is 0. The van der Waals surface area contributed by atoms with Crippen LogP contribution in [-0.4, -0.2) is 0 Å². The van der Waals surface area contributed by atoms with Crippen molar-refractivity contribution in [3.63, 3.8) is 0 Å². The van der Waals surface area contributed by atoms with E-state index in [0.29, 0.717) is 0 Å². The molecule has 118 valence electrons. The van der Waals surface area contributed by atoms with Gasteiger partial charge in [-0.15, -0.1) is 0 Å². The van der Waals surface area contributed by atoms with Crippen LogP contribution in [-0.2, 0) is 0 Å². The van der Waals surface area contributed by atoms with Crippen molar-refractivity contribution in [1.82, 2.24) is 0 Å². The van der Waals surface area contributed by atoms with Crippen molar-refractivity contribution in [1.29, 1.82) is 0 Å². The Balaban J connectivity index is 1.72. The highest BCUT2D eigenvalue weighted by atomic mass is 127. The molecular formula is C22H16I2. The predicted molar refractivity (Wildman–Crippen MR) is 123 cm³/mol. The van der Waals surface area contributed by atoms with Crippen LogP contribution in [0.15, 0.2) is 72.8 Å². The van der Waals surface area contributed by atoms with Gasteiger partial charge in [0.05, 0.1) is 0 Å². The molecule has 0 nitrogen and oxygen atoms in total. The van der Waals surface area contributed by atoms with Crippen molar-refractivity contribution in [3.05, 3.63) is 102 Å². The average molecular weight is 534 g/mol.